The molecule has 1 amide bonds. The fourth-order valence-electron chi connectivity index (χ4n) is 2.75. The van der Waals surface area contributed by atoms with E-state index >= 15 is 0 Å². The van der Waals surface area contributed by atoms with Crippen molar-refractivity contribution >= 4 is 45.6 Å². The van der Waals surface area contributed by atoms with Crippen LogP contribution in [0.15, 0.2) is 71.4 Å². The van der Waals surface area contributed by atoms with Gasteiger partial charge in [0.25, 0.3) is 0 Å². The highest BCUT2D eigenvalue weighted by Crippen LogP contribution is 2.28. The van der Waals surface area contributed by atoms with E-state index in [4.69, 9.17) is 4.74 Å². The molecule has 2 aromatic heterocycles. The average Bonchev–Trinajstić information content (AvgIpc) is 3.42. The van der Waals surface area contributed by atoms with Crippen molar-refractivity contribution in [2.75, 3.05) is 17.7 Å². The van der Waals surface area contributed by atoms with Crippen LogP contribution in [0.3, 0.4) is 0 Å². The summed E-state index contributed by atoms with van der Waals surface area (Å²) in [5, 5.41) is 11.2. The van der Waals surface area contributed by atoms with Crippen LogP contribution in [0.5, 0.6) is 5.75 Å². The number of nitrogens with zero attached hydrogens (tertiary/aromatic N) is 1. The van der Waals surface area contributed by atoms with E-state index in [0.29, 0.717) is 0 Å². The summed E-state index contributed by atoms with van der Waals surface area (Å²) in [6, 6.07) is 19.4. The number of thiophene rings is 1. The van der Waals surface area contributed by atoms with Crippen molar-refractivity contribution in [1.82, 2.24) is 4.98 Å². The quantitative estimate of drug-likeness (QED) is 0.396. The van der Waals surface area contributed by atoms with Crippen molar-refractivity contribution < 1.29 is 9.53 Å². The van der Waals surface area contributed by atoms with Gasteiger partial charge in [0.2, 0.25) is 5.91 Å². The summed E-state index contributed by atoms with van der Waals surface area (Å²) in [7, 11) is 1.65. The van der Waals surface area contributed by atoms with Crippen molar-refractivity contribution in [2.45, 2.75) is 6.42 Å². The molecule has 0 saturated heterocycles. The van der Waals surface area contributed by atoms with E-state index < -0.39 is 0 Å². The Labute approximate surface area is 177 Å². The molecule has 0 radical (unpaired) electrons. The zero-order valence-electron chi connectivity index (χ0n) is 15.7. The van der Waals surface area contributed by atoms with Gasteiger partial charge >= 0.3 is 0 Å². The van der Waals surface area contributed by atoms with E-state index in [-0.39, 0.29) is 12.3 Å². The molecule has 0 aliphatic heterocycles. The summed E-state index contributed by atoms with van der Waals surface area (Å²) >= 11 is 3.21. The first-order valence-corrected chi connectivity index (χ1v) is 10.7. The fraction of sp³-hybridized carbons (Fsp3) is 0.0909. The minimum absolute atomic E-state index is 0.0797. The maximum absolute atomic E-state index is 12.3. The van der Waals surface area contributed by atoms with Crippen molar-refractivity contribution in [3.05, 3.63) is 77.1 Å². The number of rotatable bonds is 7. The summed E-state index contributed by atoms with van der Waals surface area (Å²) < 4.78 is 5.16. The van der Waals surface area contributed by atoms with Gasteiger partial charge in [0.1, 0.15) is 10.8 Å². The summed E-state index contributed by atoms with van der Waals surface area (Å²) in [4.78, 5) is 18.0. The molecule has 4 aromatic rings. The molecule has 0 spiro atoms. The van der Waals surface area contributed by atoms with Gasteiger partial charge in [-0.3, -0.25) is 4.79 Å². The summed E-state index contributed by atoms with van der Waals surface area (Å²) in [5.41, 5.74) is 3.44. The van der Waals surface area contributed by atoms with Crippen LogP contribution in [0.4, 0.5) is 17.1 Å². The number of hydrogen-bond acceptors (Lipinski definition) is 6. The predicted octanol–water partition coefficient (Wildman–Crippen LogP) is 5.81. The van der Waals surface area contributed by atoms with Crippen molar-refractivity contribution in [1.29, 1.82) is 0 Å². The van der Waals surface area contributed by atoms with Gasteiger partial charge in [-0.15, -0.1) is 22.7 Å². The van der Waals surface area contributed by atoms with Crippen LogP contribution in [0.25, 0.3) is 9.88 Å². The molecule has 0 atom stereocenters. The monoisotopic (exact) mass is 421 g/mol. The number of amides is 1. The van der Waals surface area contributed by atoms with Crippen LogP contribution >= 0.6 is 22.7 Å². The predicted molar refractivity (Wildman–Crippen MR) is 120 cm³/mol. The van der Waals surface area contributed by atoms with Crippen LogP contribution in [0.1, 0.15) is 5.69 Å². The molecule has 0 bridgehead atoms. The first kappa shape index (κ1) is 19.2. The number of ether oxygens (including phenoxy) is 1. The second-order valence-electron chi connectivity index (χ2n) is 6.28. The van der Waals surface area contributed by atoms with Crippen molar-refractivity contribution in [3.63, 3.8) is 0 Å². The fourth-order valence-corrected chi connectivity index (χ4v) is 4.38. The first-order valence-electron chi connectivity index (χ1n) is 8.99. The Hall–Kier alpha value is -3.16. The second-order valence-corrected chi connectivity index (χ2v) is 8.08. The number of methoxy groups -OCH3 is 1. The molecule has 4 rings (SSSR count). The van der Waals surface area contributed by atoms with Crippen LogP contribution in [-0.2, 0) is 11.2 Å². The molecule has 0 saturated carbocycles. The molecule has 0 fully saturated rings. The Balaban J connectivity index is 1.32. The smallest absolute Gasteiger partial charge is 0.230 e. The highest BCUT2D eigenvalue weighted by Gasteiger charge is 2.10. The molecule has 2 aromatic carbocycles. The third-order valence-corrected chi connectivity index (χ3v) is 6.10. The average molecular weight is 422 g/mol. The zero-order chi connectivity index (χ0) is 20.1. The lowest BCUT2D eigenvalue weighted by Crippen LogP contribution is -2.14. The number of thiazole rings is 1. The van der Waals surface area contributed by atoms with E-state index in [0.717, 1.165) is 38.4 Å². The van der Waals surface area contributed by atoms with Crippen LogP contribution in [-0.4, -0.2) is 18.0 Å². The number of carbonyl (C=O) groups is 1. The molecule has 0 aliphatic rings. The summed E-state index contributed by atoms with van der Waals surface area (Å²) in [6.07, 6.45) is 0.258. The van der Waals surface area contributed by atoms with Crippen LogP contribution in [0, 0.1) is 0 Å². The highest BCUT2D eigenvalue weighted by atomic mass is 32.1. The van der Waals surface area contributed by atoms with Gasteiger partial charge in [-0.1, -0.05) is 6.07 Å². The minimum atomic E-state index is -0.0797. The maximum Gasteiger partial charge on any atom is 0.230 e. The van der Waals surface area contributed by atoms with Gasteiger partial charge < -0.3 is 15.4 Å². The maximum atomic E-state index is 12.3. The number of nitrogens with one attached hydrogen (secondary N) is 2. The molecule has 0 unspecified atom stereocenters. The number of anilines is 3. The van der Waals surface area contributed by atoms with Crippen LogP contribution < -0.4 is 15.4 Å². The van der Waals surface area contributed by atoms with E-state index in [2.05, 4.69) is 15.6 Å². The van der Waals surface area contributed by atoms with Gasteiger partial charge in [-0.2, -0.15) is 0 Å². The van der Waals surface area contributed by atoms with Gasteiger partial charge in [0, 0.05) is 22.4 Å². The third-order valence-electron chi connectivity index (χ3n) is 4.17. The number of hydrogen-bond donors (Lipinski definition) is 2. The van der Waals surface area contributed by atoms with Gasteiger partial charge in [0.05, 0.1) is 24.1 Å². The van der Waals surface area contributed by atoms with Gasteiger partial charge in [-0.25, -0.2) is 4.98 Å². The largest absolute Gasteiger partial charge is 0.497 e. The Kier molecular flexibility index (Phi) is 5.88. The SMILES string of the molecule is COc1ccc(Nc2ccc(NC(=O)Cc3csc(-c4cccs4)n3)cc2)cc1. The zero-order valence-corrected chi connectivity index (χ0v) is 17.3. The van der Waals surface area contributed by atoms with E-state index in [1.165, 1.54) is 0 Å². The minimum Gasteiger partial charge on any atom is -0.497 e. The second kappa shape index (κ2) is 8.89. The number of benzene rings is 2. The Morgan fingerprint density at radius 1 is 0.966 bits per heavy atom. The molecule has 2 heterocycles. The summed E-state index contributed by atoms with van der Waals surface area (Å²) in [6.45, 7) is 0. The number of aromatic nitrogens is 1. The molecular weight excluding hydrogens is 402 g/mol. The standard InChI is InChI=1S/C22H19N3O2S2/c1-27-19-10-8-16(9-11-19)23-15-4-6-17(7-5-15)24-21(26)13-18-14-29-22(25-18)20-3-2-12-28-20/h2-12,14,23H,13H2,1H3,(H,24,26). The Morgan fingerprint density at radius 3 is 2.31 bits per heavy atom. The van der Waals surface area contributed by atoms with Crippen molar-refractivity contribution in [2.24, 2.45) is 0 Å². The number of carbonyl (C=O) groups excluding carboxylic acids is 1. The molecule has 29 heavy (non-hydrogen) atoms. The van der Waals surface area contributed by atoms with E-state index in [1.54, 1.807) is 29.8 Å². The molecule has 5 nitrogen and oxygen atoms in total. The third kappa shape index (κ3) is 5.01. The molecule has 0 aliphatic carbocycles. The lowest BCUT2D eigenvalue weighted by Gasteiger charge is -2.09. The highest BCUT2D eigenvalue weighted by molar-refractivity contribution is 7.20. The van der Waals surface area contributed by atoms with E-state index in [1.807, 2.05) is 71.4 Å². The van der Waals surface area contributed by atoms with Gasteiger partial charge in [0.15, 0.2) is 0 Å². The molecule has 2 N–H and O–H groups in total. The lowest BCUT2D eigenvalue weighted by atomic mass is 10.2. The lowest BCUT2D eigenvalue weighted by molar-refractivity contribution is -0.115. The Bertz CT molecular complexity index is 1070. The van der Waals surface area contributed by atoms with E-state index in [9.17, 15) is 4.79 Å². The Morgan fingerprint density at radius 2 is 1.66 bits per heavy atom. The van der Waals surface area contributed by atoms with Crippen LogP contribution in [0.2, 0.25) is 0 Å². The molecule has 146 valence electrons. The molecule has 7 heteroatoms. The normalized spacial score (nSPS) is 10.5. The van der Waals surface area contributed by atoms with Gasteiger partial charge in [-0.05, 0) is 60.0 Å². The van der Waals surface area contributed by atoms with Crippen molar-refractivity contribution in [3.8, 4) is 15.6 Å². The summed E-state index contributed by atoms with van der Waals surface area (Å²) in [5.74, 6) is 0.736. The molecular formula is C22H19N3O2S2. The topological polar surface area (TPSA) is 63.2 Å². The first-order chi connectivity index (χ1) is 14.2.